The summed E-state index contributed by atoms with van der Waals surface area (Å²) in [6.07, 6.45) is 29.5. The topological polar surface area (TPSA) is 102 Å². The van der Waals surface area contributed by atoms with E-state index < -0.39 is 72.9 Å². The molecule has 0 aromatic rings. The number of esters is 1. The van der Waals surface area contributed by atoms with E-state index in [1.807, 2.05) is 58.9 Å². The molecule has 0 aliphatic carbocycles. The summed E-state index contributed by atoms with van der Waals surface area (Å²) >= 11 is 0. The number of rotatable bonds is 38. The summed E-state index contributed by atoms with van der Waals surface area (Å²) in [6.45, 7) is 37.2. The van der Waals surface area contributed by atoms with Crippen molar-refractivity contribution in [2.75, 3.05) is 30.5 Å². The minimum Gasteiger partial charge on any atom is -0.463 e. The Kier molecular flexibility index (Phi) is 29.1. The van der Waals surface area contributed by atoms with Crippen LogP contribution in [0.5, 0.6) is 0 Å². The molecule has 0 rings (SSSR count). The van der Waals surface area contributed by atoms with Gasteiger partial charge in [0.15, 0.2) is 0 Å². The van der Waals surface area contributed by atoms with E-state index in [1.165, 1.54) is 146 Å². The van der Waals surface area contributed by atoms with Gasteiger partial charge in [-0.05, 0) is 117 Å². The number of hydrogen-bond acceptors (Lipinski definition) is 9. The van der Waals surface area contributed by atoms with Gasteiger partial charge in [0.25, 0.3) is 0 Å². The minimum absolute atomic E-state index is 0.226. The first-order valence-electron chi connectivity index (χ1n) is 23.7. The Morgan fingerprint density at radius 1 is 0.492 bits per heavy atom. The lowest BCUT2D eigenvalue weighted by Crippen LogP contribution is -2.64. The van der Waals surface area contributed by atoms with Crippen LogP contribution in [0.25, 0.3) is 0 Å². The van der Waals surface area contributed by atoms with Gasteiger partial charge in [0.2, 0.25) is 16.6 Å². The van der Waals surface area contributed by atoms with Crippen molar-refractivity contribution < 1.29 is 39.0 Å². The number of carbonyl (C=O) groups excluding carboxylic acids is 1. The van der Waals surface area contributed by atoms with Crippen molar-refractivity contribution in [2.24, 2.45) is 0 Å². The molecule has 1 atom stereocenters. The second-order valence-corrected chi connectivity index (χ2v) is 51.0. The Bertz CT molecular complexity index is 1120. The molecule has 1 N–H and O–H groups in total. The monoisotopic (exact) mass is 974 g/mol. The van der Waals surface area contributed by atoms with Gasteiger partial charge in [0, 0.05) is 19.9 Å². The molecule has 0 radical (unpaired) electrons. The lowest BCUT2D eigenvalue weighted by Gasteiger charge is -2.45. The minimum atomic E-state index is -3.41. The SMILES string of the molecule is C=CC(=O)OC[Si](C)(C)O[Si](C)(C)O[Si](C)(C)O[Si](C)(C)O[Si](C)(O[Si](C)(C)O)O[Si](C)(C)C[P+](CCCCCCCC)(CCCCCCCC)CCCCCCCC. The van der Waals surface area contributed by atoms with Gasteiger partial charge >= 0.3 is 49.0 Å². The molecule has 0 spiro atoms. The summed E-state index contributed by atoms with van der Waals surface area (Å²) in [5.74, 6) is 0.739. The molecule has 352 valence electrons. The average molecular weight is 975 g/mol. The van der Waals surface area contributed by atoms with Gasteiger partial charge in [-0.3, -0.25) is 0 Å². The van der Waals surface area contributed by atoms with Gasteiger partial charge in [-0.1, -0.05) is 104 Å². The summed E-state index contributed by atoms with van der Waals surface area (Å²) in [5, 5.41) is 0. The first-order valence-corrected chi connectivity index (χ1v) is 46.0. The summed E-state index contributed by atoms with van der Waals surface area (Å²) < 4.78 is 46.9. The highest BCUT2D eigenvalue weighted by Gasteiger charge is 2.54. The first-order chi connectivity index (χ1) is 27.1. The highest BCUT2D eigenvalue weighted by Crippen LogP contribution is 2.62. The molecule has 1 unspecified atom stereocenters. The summed E-state index contributed by atoms with van der Waals surface area (Å²) in [7, 11) is -21.1. The Morgan fingerprint density at radius 3 is 1.22 bits per heavy atom. The molecule has 0 bridgehead atoms. The fourth-order valence-electron chi connectivity index (χ4n) is 8.80. The number of ether oxygens (including phenoxy) is 1. The fourth-order valence-corrected chi connectivity index (χ4v) is 51.3. The Balaban J connectivity index is 6.46. The van der Waals surface area contributed by atoms with Gasteiger partial charge in [0.05, 0.1) is 24.3 Å². The van der Waals surface area contributed by atoms with Crippen molar-refractivity contribution in [1.29, 1.82) is 0 Å². The van der Waals surface area contributed by atoms with E-state index in [9.17, 15) is 9.59 Å². The van der Waals surface area contributed by atoms with Crippen LogP contribution < -0.4 is 0 Å². The summed E-state index contributed by atoms with van der Waals surface area (Å²) in [6, 6.07) is 0. The Hall–Kier alpha value is 0.878. The predicted octanol–water partition coefficient (Wildman–Crippen LogP) is 13.8. The fraction of sp³-hybridized carbons (Fsp3) is 0.929. The van der Waals surface area contributed by atoms with Crippen molar-refractivity contribution >= 4 is 72.9 Å². The predicted molar refractivity (Wildman–Crippen MR) is 273 cm³/mol. The number of unbranched alkanes of at least 4 members (excludes halogenated alkanes) is 15. The van der Waals surface area contributed by atoms with Crippen LogP contribution in [0.3, 0.4) is 0 Å². The molecule has 0 amide bonds. The average Bonchev–Trinajstić information content (AvgIpc) is 3.04. The molecule has 9 nitrogen and oxygen atoms in total. The van der Waals surface area contributed by atoms with E-state index in [1.54, 1.807) is 0 Å². The molecule has 0 aliphatic rings. The van der Waals surface area contributed by atoms with Gasteiger partial charge in [0.1, 0.15) is 6.23 Å². The summed E-state index contributed by atoms with van der Waals surface area (Å²) in [4.78, 5) is 23.1. The van der Waals surface area contributed by atoms with Crippen LogP contribution in [-0.4, -0.2) is 101 Å². The molecule has 0 aromatic carbocycles. The number of carbonyl (C=O) groups is 1. The van der Waals surface area contributed by atoms with Crippen molar-refractivity contribution in [2.45, 2.75) is 221 Å². The molecular formula is C42H98O9PSi7+. The first kappa shape index (κ1) is 59.9. The molecule has 0 aromatic heterocycles. The van der Waals surface area contributed by atoms with Crippen LogP contribution in [0.15, 0.2) is 12.7 Å². The van der Waals surface area contributed by atoms with E-state index in [4.69, 9.17) is 29.4 Å². The molecular weight excluding hydrogens is 876 g/mol. The number of hydrogen-bond donors (Lipinski definition) is 1. The highest BCUT2D eigenvalue weighted by atomic mass is 31.2. The third kappa shape index (κ3) is 31.4. The van der Waals surface area contributed by atoms with Crippen LogP contribution >= 0.6 is 7.26 Å². The molecule has 0 heterocycles. The molecule has 0 saturated carbocycles. The van der Waals surface area contributed by atoms with Crippen LogP contribution in [0.4, 0.5) is 0 Å². The molecule has 0 fully saturated rings. The Morgan fingerprint density at radius 2 is 0.847 bits per heavy atom. The third-order valence-corrected chi connectivity index (χ3v) is 43.3. The largest absolute Gasteiger partial charge is 0.469 e. The van der Waals surface area contributed by atoms with Crippen LogP contribution in [0.2, 0.25) is 85.1 Å². The zero-order valence-corrected chi connectivity index (χ0v) is 49.6. The van der Waals surface area contributed by atoms with Crippen molar-refractivity contribution in [3.8, 4) is 0 Å². The molecule has 17 heteroatoms. The molecule has 0 saturated heterocycles. The van der Waals surface area contributed by atoms with Crippen molar-refractivity contribution in [1.82, 2.24) is 0 Å². The van der Waals surface area contributed by atoms with Gasteiger partial charge < -0.3 is 34.2 Å². The molecule has 0 aliphatic heterocycles. The van der Waals surface area contributed by atoms with Crippen molar-refractivity contribution in [3.05, 3.63) is 12.7 Å². The lowest BCUT2D eigenvalue weighted by molar-refractivity contribution is -0.136. The van der Waals surface area contributed by atoms with Crippen LogP contribution in [0.1, 0.15) is 136 Å². The molecule has 59 heavy (non-hydrogen) atoms. The highest BCUT2D eigenvalue weighted by molar-refractivity contribution is 7.77. The van der Waals surface area contributed by atoms with Gasteiger partial charge in [-0.2, -0.15) is 0 Å². The van der Waals surface area contributed by atoms with E-state index in [2.05, 4.69) is 53.5 Å². The maximum atomic E-state index is 11.8. The van der Waals surface area contributed by atoms with E-state index in [0.29, 0.717) is 0 Å². The van der Waals surface area contributed by atoms with Crippen LogP contribution in [-0.2, 0) is 34.2 Å². The van der Waals surface area contributed by atoms with Gasteiger partial charge in [-0.25, -0.2) is 4.79 Å². The second-order valence-electron chi connectivity index (χ2n) is 20.4. The normalized spacial score (nSPS) is 14.7. The van der Waals surface area contributed by atoms with E-state index in [-0.39, 0.29) is 6.23 Å². The maximum Gasteiger partial charge on any atom is 0.469 e. The third-order valence-electron chi connectivity index (χ3n) is 10.2. The van der Waals surface area contributed by atoms with Gasteiger partial charge in [-0.15, -0.1) is 0 Å². The van der Waals surface area contributed by atoms with E-state index in [0.717, 1.165) is 0 Å². The smallest absolute Gasteiger partial charge is 0.463 e. The summed E-state index contributed by atoms with van der Waals surface area (Å²) in [5.41, 5.74) is 0. The second kappa shape index (κ2) is 28.7. The standard InChI is InChI=1S/C42H98O9PSi7/c1-18-22-25-28-31-34-37-52(38-35-32-29-26-23-19-2,39-36-33-30-27-24-20-3)41-54(7,8)47-59(17,48-55(9,10)44)51-58(15,16)50-57(13,14)49-56(11,12)46-53(5,6)40-45-42(43)21-4/h21,44H,4,18-20,22-41H2,1-3,5-17H3/q+1. The zero-order valence-electron chi connectivity index (χ0n) is 41.7. The lowest BCUT2D eigenvalue weighted by atomic mass is 10.1. The zero-order chi connectivity index (χ0) is 45.5. The Labute approximate surface area is 374 Å². The van der Waals surface area contributed by atoms with Crippen LogP contribution in [0, 0.1) is 0 Å². The maximum absolute atomic E-state index is 11.8. The quantitative estimate of drug-likeness (QED) is 0.0213. The van der Waals surface area contributed by atoms with E-state index >= 15 is 0 Å². The van der Waals surface area contributed by atoms with Crippen molar-refractivity contribution in [3.63, 3.8) is 0 Å².